The molecule has 1 aromatic carbocycles. The van der Waals surface area contributed by atoms with Crippen molar-refractivity contribution in [3.63, 3.8) is 0 Å². The van der Waals surface area contributed by atoms with Crippen LogP contribution in [0.4, 0.5) is 18.0 Å². The Labute approximate surface area is 156 Å². The smallest absolute Gasteiger partial charge is 0.363 e. The maximum absolute atomic E-state index is 13.7. The van der Waals surface area contributed by atoms with E-state index < -0.39 is 35.7 Å². The largest absolute Gasteiger partial charge is 0.437 e. The molecule has 3 N–H and O–H groups in total. The molecule has 3 rings (SSSR count). The molecule has 0 spiro atoms. The second-order valence-corrected chi connectivity index (χ2v) is 6.41. The van der Waals surface area contributed by atoms with Gasteiger partial charge >= 0.3 is 12.2 Å². The molecular formula is C17H13ClF3N3O3. The first kappa shape index (κ1) is 19.1. The average Bonchev–Trinajstić information content (AvgIpc) is 2.61. The van der Waals surface area contributed by atoms with Crippen LogP contribution in [0.25, 0.3) is 0 Å². The maximum Gasteiger partial charge on any atom is 0.437 e. The van der Waals surface area contributed by atoms with Gasteiger partial charge in [0.1, 0.15) is 5.92 Å². The highest BCUT2D eigenvalue weighted by Gasteiger charge is 2.66. The first-order valence-corrected chi connectivity index (χ1v) is 8.09. The zero-order valence-corrected chi connectivity index (χ0v) is 14.3. The lowest BCUT2D eigenvalue weighted by atomic mass is 9.77. The van der Waals surface area contributed by atoms with Gasteiger partial charge in [0.05, 0.1) is 6.04 Å². The lowest BCUT2D eigenvalue weighted by Gasteiger charge is -2.45. The number of alkyl halides is 3. The molecule has 1 aliphatic heterocycles. The fraction of sp³-hybridized carbons (Fsp3) is 0.235. The van der Waals surface area contributed by atoms with E-state index in [0.29, 0.717) is 5.02 Å². The van der Waals surface area contributed by atoms with Crippen molar-refractivity contribution in [3.05, 3.63) is 64.9 Å². The number of nitrogens with one attached hydrogen (secondary N) is 2. The molecule has 0 saturated carbocycles. The second-order valence-electron chi connectivity index (χ2n) is 5.98. The van der Waals surface area contributed by atoms with Gasteiger partial charge in [0.2, 0.25) is 5.72 Å². The lowest BCUT2D eigenvalue weighted by molar-refractivity contribution is -0.287. The third-order valence-corrected chi connectivity index (χ3v) is 4.52. The Bertz CT molecular complexity index is 861. The number of benzene rings is 1. The number of ketones is 1. The van der Waals surface area contributed by atoms with E-state index in [-0.39, 0.29) is 11.1 Å². The number of hydrogen-bond donors (Lipinski definition) is 3. The van der Waals surface area contributed by atoms with E-state index in [1.54, 1.807) is 0 Å². The van der Waals surface area contributed by atoms with Crippen LogP contribution in [0.15, 0.2) is 48.8 Å². The van der Waals surface area contributed by atoms with Crippen molar-refractivity contribution >= 4 is 23.4 Å². The van der Waals surface area contributed by atoms with Gasteiger partial charge in [-0.3, -0.25) is 9.78 Å². The number of nitrogens with zero attached hydrogens (tertiary/aromatic N) is 1. The molecule has 2 heterocycles. The number of pyridine rings is 1. The van der Waals surface area contributed by atoms with Gasteiger partial charge < -0.3 is 15.7 Å². The summed E-state index contributed by atoms with van der Waals surface area (Å²) >= 11 is 5.80. The normalized spacial score (nSPS) is 25.4. The van der Waals surface area contributed by atoms with Crippen LogP contribution in [0.2, 0.25) is 5.02 Å². The second kappa shape index (κ2) is 6.82. The van der Waals surface area contributed by atoms with Crippen LogP contribution in [-0.4, -0.2) is 33.8 Å². The van der Waals surface area contributed by atoms with Crippen molar-refractivity contribution in [2.24, 2.45) is 5.92 Å². The molecule has 2 aromatic rings. The molecule has 1 saturated heterocycles. The number of aliphatic hydroxyl groups is 1. The molecule has 1 aromatic heterocycles. The minimum atomic E-state index is -5.31. The molecule has 1 fully saturated rings. The van der Waals surface area contributed by atoms with E-state index in [2.05, 4.69) is 10.3 Å². The van der Waals surface area contributed by atoms with Crippen LogP contribution in [0.3, 0.4) is 0 Å². The van der Waals surface area contributed by atoms with Crippen molar-refractivity contribution in [3.8, 4) is 0 Å². The van der Waals surface area contributed by atoms with Crippen LogP contribution in [0, 0.1) is 5.92 Å². The zero-order chi connectivity index (χ0) is 19.8. The molecule has 10 heteroatoms. The third-order valence-electron chi connectivity index (χ3n) is 4.26. The Morgan fingerprint density at radius 1 is 1.22 bits per heavy atom. The Morgan fingerprint density at radius 3 is 2.44 bits per heavy atom. The van der Waals surface area contributed by atoms with Crippen LogP contribution >= 0.6 is 11.6 Å². The Morgan fingerprint density at radius 2 is 1.89 bits per heavy atom. The van der Waals surface area contributed by atoms with Crippen molar-refractivity contribution in [2.45, 2.75) is 17.9 Å². The summed E-state index contributed by atoms with van der Waals surface area (Å²) in [6.45, 7) is 0. The molecule has 0 aliphatic carbocycles. The maximum atomic E-state index is 13.7. The number of rotatable bonds is 3. The molecule has 0 unspecified atom stereocenters. The van der Waals surface area contributed by atoms with E-state index in [4.69, 9.17) is 11.6 Å². The van der Waals surface area contributed by atoms with Gasteiger partial charge in [-0.2, -0.15) is 13.2 Å². The molecule has 0 radical (unpaired) electrons. The zero-order valence-electron chi connectivity index (χ0n) is 13.5. The number of Topliss-reactive ketones (excluding diaryl/α,β-unsaturated/α-hetero) is 1. The van der Waals surface area contributed by atoms with E-state index >= 15 is 0 Å². The number of hydrogen-bond acceptors (Lipinski definition) is 4. The van der Waals surface area contributed by atoms with E-state index in [1.807, 2.05) is 0 Å². The van der Waals surface area contributed by atoms with Gasteiger partial charge in [-0.1, -0.05) is 23.7 Å². The summed E-state index contributed by atoms with van der Waals surface area (Å²) in [7, 11) is 0. The summed E-state index contributed by atoms with van der Waals surface area (Å²) in [6.07, 6.45) is -2.86. The first-order valence-electron chi connectivity index (χ1n) is 7.71. The average molecular weight is 400 g/mol. The Kier molecular flexibility index (Phi) is 4.83. The fourth-order valence-corrected chi connectivity index (χ4v) is 3.10. The van der Waals surface area contributed by atoms with E-state index in [1.165, 1.54) is 47.9 Å². The predicted octanol–water partition coefficient (Wildman–Crippen LogP) is 2.84. The Balaban J connectivity index is 2.15. The van der Waals surface area contributed by atoms with Crippen molar-refractivity contribution in [1.82, 2.24) is 15.6 Å². The molecule has 142 valence electrons. The summed E-state index contributed by atoms with van der Waals surface area (Å²) in [5, 5.41) is 14.5. The molecule has 27 heavy (non-hydrogen) atoms. The highest BCUT2D eigenvalue weighted by atomic mass is 35.5. The number of halogens is 4. The molecule has 0 bridgehead atoms. The fourth-order valence-electron chi connectivity index (χ4n) is 2.97. The van der Waals surface area contributed by atoms with E-state index in [0.717, 1.165) is 6.20 Å². The lowest BCUT2D eigenvalue weighted by Crippen LogP contribution is -2.72. The van der Waals surface area contributed by atoms with Gasteiger partial charge in [-0.05, 0) is 29.8 Å². The summed E-state index contributed by atoms with van der Waals surface area (Å²) in [5.41, 5.74) is -3.73. The molecule has 3 atom stereocenters. The summed E-state index contributed by atoms with van der Waals surface area (Å²) in [6, 6.07) is 5.51. The van der Waals surface area contributed by atoms with Gasteiger partial charge in [0.25, 0.3) is 0 Å². The first-order chi connectivity index (χ1) is 12.6. The van der Waals surface area contributed by atoms with Gasteiger partial charge in [0.15, 0.2) is 5.78 Å². The van der Waals surface area contributed by atoms with Crippen LogP contribution in [-0.2, 0) is 0 Å². The summed E-state index contributed by atoms with van der Waals surface area (Å²) in [4.78, 5) is 28.5. The number of amides is 2. The van der Waals surface area contributed by atoms with Gasteiger partial charge in [-0.25, -0.2) is 4.79 Å². The predicted molar refractivity (Wildman–Crippen MR) is 88.9 cm³/mol. The summed E-state index contributed by atoms with van der Waals surface area (Å²) < 4.78 is 41.1. The molecule has 2 amide bonds. The number of carbonyl (C=O) groups excluding carboxylic acids is 2. The van der Waals surface area contributed by atoms with Gasteiger partial charge in [0, 0.05) is 23.0 Å². The van der Waals surface area contributed by atoms with Crippen LogP contribution in [0.1, 0.15) is 22.0 Å². The number of carbonyl (C=O) groups is 2. The van der Waals surface area contributed by atoms with E-state index in [9.17, 15) is 27.9 Å². The quantitative estimate of drug-likeness (QED) is 0.692. The summed E-state index contributed by atoms with van der Waals surface area (Å²) in [5.74, 6) is -3.13. The molecule has 6 nitrogen and oxygen atoms in total. The number of aromatic nitrogens is 1. The molecular weight excluding hydrogens is 387 g/mol. The van der Waals surface area contributed by atoms with Crippen molar-refractivity contribution in [2.75, 3.05) is 0 Å². The standard InChI is InChI=1S/C17H13ClF3N3O3/c18-11-5-3-9(4-6-11)13-12(14(25)10-2-1-7-22-8-10)16(27,17(19,20)21)24-15(26)23-13/h1-8,12-13,27H,(H2,23,24,26)/t12-,13-,16-/m1/s1. The van der Waals surface area contributed by atoms with Crippen molar-refractivity contribution in [1.29, 1.82) is 0 Å². The SMILES string of the molecule is O=C1N[C@H](c2ccc(Cl)cc2)[C@H](C(=O)c2cccnc2)[C@@](O)(C(F)(F)F)N1. The number of urea groups is 1. The highest BCUT2D eigenvalue weighted by Crippen LogP contribution is 2.43. The minimum absolute atomic E-state index is 0.137. The topological polar surface area (TPSA) is 91.3 Å². The van der Waals surface area contributed by atoms with Crippen LogP contribution < -0.4 is 10.6 Å². The minimum Gasteiger partial charge on any atom is -0.363 e. The monoisotopic (exact) mass is 399 g/mol. The third kappa shape index (κ3) is 3.47. The van der Waals surface area contributed by atoms with Crippen molar-refractivity contribution < 1.29 is 27.9 Å². The Hall–Kier alpha value is -2.65. The molecule has 1 aliphatic rings. The van der Waals surface area contributed by atoms with Crippen LogP contribution in [0.5, 0.6) is 0 Å². The highest BCUT2D eigenvalue weighted by molar-refractivity contribution is 6.30. The van der Waals surface area contributed by atoms with Gasteiger partial charge in [-0.15, -0.1) is 0 Å².